The summed E-state index contributed by atoms with van der Waals surface area (Å²) < 4.78 is 49.9. The Morgan fingerprint density at radius 1 is 1.06 bits per heavy atom. The number of nitrogens with zero attached hydrogens (tertiary/aromatic N) is 2. The average Bonchev–Trinajstić information content (AvgIpc) is 2.79. The van der Waals surface area contributed by atoms with Gasteiger partial charge in [-0.25, -0.2) is 4.79 Å². The fourth-order valence-corrected chi connectivity index (χ4v) is 4.07. The number of benzene rings is 2. The van der Waals surface area contributed by atoms with E-state index in [4.69, 9.17) is 21.1 Å². The van der Waals surface area contributed by atoms with E-state index in [0.29, 0.717) is 74.6 Å². The van der Waals surface area contributed by atoms with Gasteiger partial charge in [-0.05, 0) is 42.3 Å². The van der Waals surface area contributed by atoms with Gasteiger partial charge in [0.25, 0.3) is 0 Å². The topological polar surface area (TPSA) is 54.0 Å². The molecule has 2 amide bonds. The maximum absolute atomic E-state index is 12.9. The van der Waals surface area contributed by atoms with E-state index < -0.39 is 11.7 Å². The van der Waals surface area contributed by atoms with Crippen LogP contribution in [0.4, 0.5) is 23.7 Å². The fraction of sp³-hybridized carbons (Fsp3) is 0.409. The Morgan fingerprint density at radius 2 is 1.81 bits per heavy atom. The van der Waals surface area contributed by atoms with Crippen LogP contribution < -0.4 is 19.7 Å². The fourth-order valence-electron chi connectivity index (χ4n) is 3.78. The van der Waals surface area contributed by atoms with Crippen LogP contribution in [-0.4, -0.2) is 56.9 Å². The highest BCUT2D eigenvalue weighted by Crippen LogP contribution is 2.38. The number of urea groups is 1. The van der Waals surface area contributed by atoms with Gasteiger partial charge in [0.2, 0.25) is 0 Å². The zero-order chi connectivity index (χ0) is 22.7. The van der Waals surface area contributed by atoms with Crippen LogP contribution in [0.2, 0.25) is 5.02 Å². The molecule has 0 atom stereocenters. The van der Waals surface area contributed by atoms with Crippen LogP contribution in [-0.2, 0) is 12.6 Å². The minimum atomic E-state index is -4.38. The Hall–Kier alpha value is -2.81. The van der Waals surface area contributed by atoms with Gasteiger partial charge in [-0.2, -0.15) is 13.2 Å². The van der Waals surface area contributed by atoms with E-state index in [9.17, 15) is 18.0 Å². The number of carbonyl (C=O) groups is 1. The number of piperazine rings is 1. The van der Waals surface area contributed by atoms with Crippen molar-refractivity contribution in [3.8, 4) is 11.5 Å². The number of rotatable bonds is 4. The van der Waals surface area contributed by atoms with Crippen LogP contribution in [0.1, 0.15) is 11.1 Å². The quantitative estimate of drug-likeness (QED) is 0.729. The summed E-state index contributed by atoms with van der Waals surface area (Å²) in [6, 6.07) is 8.73. The van der Waals surface area contributed by atoms with Gasteiger partial charge in [0.1, 0.15) is 13.2 Å². The van der Waals surface area contributed by atoms with Crippen molar-refractivity contribution in [3.05, 3.63) is 52.5 Å². The molecule has 0 unspecified atom stereocenters. The Bertz CT molecular complexity index is 979. The number of anilines is 1. The number of alkyl halides is 3. The molecule has 32 heavy (non-hydrogen) atoms. The third-order valence-electron chi connectivity index (χ3n) is 5.45. The second kappa shape index (κ2) is 9.36. The van der Waals surface area contributed by atoms with Crippen LogP contribution in [0.25, 0.3) is 0 Å². The lowest BCUT2D eigenvalue weighted by Gasteiger charge is -2.36. The summed E-state index contributed by atoms with van der Waals surface area (Å²) in [4.78, 5) is 16.0. The van der Waals surface area contributed by atoms with Crippen molar-refractivity contribution in [2.45, 2.75) is 12.6 Å². The van der Waals surface area contributed by atoms with Gasteiger partial charge in [0.05, 0.1) is 10.6 Å². The summed E-state index contributed by atoms with van der Waals surface area (Å²) in [6.07, 6.45) is -3.80. The monoisotopic (exact) mass is 469 g/mol. The van der Waals surface area contributed by atoms with Crippen LogP contribution in [0.3, 0.4) is 0 Å². The second-order valence-corrected chi connectivity index (χ2v) is 8.01. The molecule has 0 saturated carbocycles. The van der Waals surface area contributed by atoms with Crippen LogP contribution in [0, 0.1) is 0 Å². The molecule has 4 rings (SSSR count). The number of carbonyl (C=O) groups excluding carboxylic acids is 1. The Balaban J connectivity index is 1.26. The first-order chi connectivity index (χ1) is 15.3. The minimum absolute atomic E-state index is 0.197. The van der Waals surface area contributed by atoms with Crippen LogP contribution >= 0.6 is 11.6 Å². The van der Waals surface area contributed by atoms with Gasteiger partial charge in [-0.1, -0.05) is 17.7 Å². The van der Waals surface area contributed by atoms with E-state index in [-0.39, 0.29) is 6.03 Å². The average molecular weight is 470 g/mol. The van der Waals surface area contributed by atoms with Crippen molar-refractivity contribution in [2.75, 3.05) is 50.8 Å². The maximum Gasteiger partial charge on any atom is 0.416 e. The largest absolute Gasteiger partial charge is 0.486 e. The second-order valence-electron chi connectivity index (χ2n) is 7.61. The van der Waals surface area contributed by atoms with Crippen LogP contribution in [0.5, 0.6) is 11.5 Å². The van der Waals surface area contributed by atoms with Gasteiger partial charge in [-0.15, -0.1) is 0 Å². The number of halogens is 4. The number of nitrogens with one attached hydrogen (secondary N) is 1. The van der Waals surface area contributed by atoms with E-state index in [1.165, 1.54) is 6.07 Å². The molecule has 10 heteroatoms. The van der Waals surface area contributed by atoms with Gasteiger partial charge < -0.3 is 24.6 Å². The summed E-state index contributed by atoms with van der Waals surface area (Å²) in [7, 11) is 0. The van der Waals surface area contributed by atoms with Crippen molar-refractivity contribution in [1.29, 1.82) is 0 Å². The first kappa shape index (κ1) is 22.4. The lowest BCUT2D eigenvalue weighted by Crippen LogP contribution is -2.52. The highest BCUT2D eigenvalue weighted by Gasteiger charge is 2.31. The summed E-state index contributed by atoms with van der Waals surface area (Å²) in [5.74, 6) is 1.15. The number of ether oxygens (including phenoxy) is 2. The van der Waals surface area contributed by atoms with Gasteiger partial charge in [-0.3, -0.25) is 0 Å². The van der Waals surface area contributed by atoms with E-state index in [1.807, 2.05) is 11.0 Å². The summed E-state index contributed by atoms with van der Waals surface area (Å²) in [5.41, 5.74) is 0.763. The Kier molecular flexibility index (Phi) is 6.55. The molecule has 1 saturated heterocycles. The predicted molar refractivity (Wildman–Crippen MR) is 115 cm³/mol. The van der Waals surface area contributed by atoms with Gasteiger partial charge >= 0.3 is 12.2 Å². The zero-order valence-electron chi connectivity index (χ0n) is 17.3. The molecule has 0 radical (unpaired) electrons. The molecule has 1 fully saturated rings. The summed E-state index contributed by atoms with van der Waals surface area (Å²) in [6.45, 7) is 3.14. The predicted octanol–water partition coefficient (Wildman–Crippen LogP) is 4.20. The van der Waals surface area contributed by atoms with E-state index >= 15 is 0 Å². The first-order valence-electron chi connectivity index (χ1n) is 10.3. The van der Waals surface area contributed by atoms with Gasteiger partial charge in [0, 0.05) is 38.4 Å². The van der Waals surface area contributed by atoms with Crippen molar-refractivity contribution in [3.63, 3.8) is 0 Å². The van der Waals surface area contributed by atoms with E-state index in [1.54, 1.807) is 17.0 Å². The highest BCUT2D eigenvalue weighted by molar-refractivity contribution is 6.32. The molecular weight excluding hydrogens is 447 g/mol. The molecular formula is C22H23ClF3N3O3. The van der Waals surface area contributed by atoms with Crippen molar-refractivity contribution in [1.82, 2.24) is 10.2 Å². The standard InChI is InChI=1S/C22H23ClF3N3O3/c23-18-12-15(13-19-20(18)32-11-10-31-19)4-5-27-21(30)29-8-6-28(7-9-29)17-3-1-2-16(14-17)22(24,25)26/h1-3,12-14H,4-11H2,(H,27,30). The Labute approximate surface area is 188 Å². The normalized spacial score (nSPS) is 16.1. The third kappa shape index (κ3) is 5.15. The van der Waals surface area contributed by atoms with Crippen LogP contribution in [0.15, 0.2) is 36.4 Å². The first-order valence-corrected chi connectivity index (χ1v) is 10.7. The highest BCUT2D eigenvalue weighted by atomic mass is 35.5. The molecule has 0 aliphatic carbocycles. The molecule has 6 nitrogen and oxygen atoms in total. The molecule has 2 heterocycles. The van der Waals surface area contributed by atoms with Crippen molar-refractivity contribution in [2.24, 2.45) is 0 Å². The molecule has 2 aliphatic rings. The number of hydrogen-bond acceptors (Lipinski definition) is 4. The molecule has 1 N–H and O–H groups in total. The molecule has 2 aromatic carbocycles. The molecule has 172 valence electrons. The number of amides is 2. The smallest absolute Gasteiger partial charge is 0.416 e. The third-order valence-corrected chi connectivity index (χ3v) is 5.73. The summed E-state index contributed by atoms with van der Waals surface area (Å²) >= 11 is 6.24. The number of hydrogen-bond donors (Lipinski definition) is 1. The van der Waals surface area contributed by atoms with Gasteiger partial charge in [0.15, 0.2) is 11.5 Å². The van der Waals surface area contributed by atoms with Crippen molar-refractivity contribution < 1.29 is 27.4 Å². The molecule has 0 aromatic heterocycles. The molecule has 0 spiro atoms. The van der Waals surface area contributed by atoms with E-state index in [0.717, 1.165) is 17.7 Å². The molecule has 2 aliphatic heterocycles. The maximum atomic E-state index is 12.9. The number of fused-ring (bicyclic) bond motifs is 1. The summed E-state index contributed by atoms with van der Waals surface area (Å²) in [5, 5.41) is 3.37. The SMILES string of the molecule is O=C(NCCc1cc(Cl)c2c(c1)OCCO2)N1CCN(c2cccc(C(F)(F)F)c2)CC1. The van der Waals surface area contributed by atoms with Crippen molar-refractivity contribution >= 4 is 23.3 Å². The minimum Gasteiger partial charge on any atom is -0.486 e. The lowest BCUT2D eigenvalue weighted by atomic mass is 10.1. The lowest BCUT2D eigenvalue weighted by molar-refractivity contribution is -0.137. The molecule has 2 aromatic rings. The van der Waals surface area contributed by atoms with E-state index in [2.05, 4.69) is 5.32 Å². The Morgan fingerprint density at radius 3 is 2.56 bits per heavy atom. The zero-order valence-corrected chi connectivity index (χ0v) is 18.0. The molecule has 0 bridgehead atoms.